The van der Waals surface area contributed by atoms with E-state index in [1.165, 1.54) is 31.4 Å². The molecule has 30 heavy (non-hydrogen) atoms. The molecular weight excluding hydrogens is 398 g/mol. The lowest BCUT2D eigenvalue weighted by atomic mass is 10.2. The zero-order valence-corrected chi connectivity index (χ0v) is 18.4. The fourth-order valence-electron chi connectivity index (χ4n) is 3.85. The zero-order valence-electron chi connectivity index (χ0n) is 17.6. The van der Waals surface area contributed by atoms with E-state index in [0.29, 0.717) is 29.3 Å². The largest absolute Gasteiger partial charge is 0.495 e. The van der Waals surface area contributed by atoms with Crippen molar-refractivity contribution in [3.63, 3.8) is 0 Å². The minimum atomic E-state index is 0.185. The van der Waals surface area contributed by atoms with Crippen LogP contribution in [0.2, 0.25) is 0 Å². The van der Waals surface area contributed by atoms with Crippen molar-refractivity contribution < 1.29 is 4.74 Å². The number of hydrogen-bond acceptors (Lipinski definition) is 8. The number of para-hydroxylation sites is 2. The molecule has 9 heteroatoms. The van der Waals surface area contributed by atoms with Gasteiger partial charge in [0.1, 0.15) is 11.6 Å². The third-order valence-corrected chi connectivity index (χ3v) is 6.38. The Bertz CT molecular complexity index is 1030. The molecule has 1 aliphatic carbocycles. The van der Waals surface area contributed by atoms with E-state index in [-0.39, 0.29) is 5.95 Å². The Morgan fingerprint density at radius 1 is 1.13 bits per heavy atom. The monoisotopic (exact) mass is 425 g/mol. The molecule has 0 aliphatic heterocycles. The number of benzene rings is 1. The van der Waals surface area contributed by atoms with Crippen molar-refractivity contribution >= 4 is 29.3 Å². The Labute approximate surface area is 180 Å². The first kappa shape index (κ1) is 20.5. The van der Waals surface area contributed by atoms with Gasteiger partial charge in [0.15, 0.2) is 5.16 Å². The number of anilines is 3. The highest BCUT2D eigenvalue weighted by Gasteiger charge is 2.23. The quantitative estimate of drug-likeness (QED) is 0.536. The van der Waals surface area contributed by atoms with E-state index in [1.54, 1.807) is 18.9 Å². The number of hydrogen-bond donors (Lipinski definition) is 2. The Balaban J connectivity index is 1.53. The predicted molar refractivity (Wildman–Crippen MR) is 119 cm³/mol. The average Bonchev–Trinajstić information content (AvgIpc) is 3.35. The van der Waals surface area contributed by atoms with Crippen LogP contribution in [0, 0.1) is 13.8 Å². The fraction of sp³-hybridized carbons (Fsp3) is 0.429. The fourth-order valence-corrected chi connectivity index (χ4v) is 4.86. The molecule has 1 saturated carbocycles. The van der Waals surface area contributed by atoms with Gasteiger partial charge in [0.05, 0.1) is 24.2 Å². The van der Waals surface area contributed by atoms with Gasteiger partial charge in [-0.3, -0.25) is 0 Å². The lowest BCUT2D eigenvalue weighted by Crippen LogP contribution is -2.09. The molecule has 158 valence electrons. The van der Waals surface area contributed by atoms with Gasteiger partial charge in [-0.1, -0.05) is 36.7 Å². The molecule has 0 amide bonds. The van der Waals surface area contributed by atoms with Crippen LogP contribution in [0.5, 0.6) is 5.75 Å². The molecule has 0 radical (unpaired) electrons. The summed E-state index contributed by atoms with van der Waals surface area (Å²) in [5.41, 5.74) is 9.05. The predicted octanol–water partition coefficient (Wildman–Crippen LogP) is 4.43. The molecule has 0 atom stereocenters. The number of nitrogens with two attached hydrogens (primary N) is 1. The third-order valence-electron chi connectivity index (χ3n) is 5.43. The van der Waals surface area contributed by atoms with E-state index in [1.807, 2.05) is 24.3 Å². The molecule has 0 unspecified atom stereocenters. The summed E-state index contributed by atoms with van der Waals surface area (Å²) in [7, 11) is 1.63. The summed E-state index contributed by atoms with van der Waals surface area (Å²) in [6.07, 6.45) is 5.01. The second-order valence-electron chi connectivity index (χ2n) is 7.42. The summed E-state index contributed by atoms with van der Waals surface area (Å²) in [6.45, 7) is 4.22. The summed E-state index contributed by atoms with van der Waals surface area (Å²) in [6, 6.07) is 8.14. The number of nitrogens with zero attached hydrogens (tertiary/aromatic N) is 5. The first-order chi connectivity index (χ1) is 14.5. The van der Waals surface area contributed by atoms with Crippen molar-refractivity contribution in [2.24, 2.45) is 0 Å². The molecule has 0 bridgehead atoms. The van der Waals surface area contributed by atoms with Gasteiger partial charge in [-0.15, -0.1) is 0 Å². The highest BCUT2D eigenvalue weighted by Crippen LogP contribution is 2.36. The normalized spacial score (nSPS) is 14.2. The number of imidazole rings is 1. The molecule has 1 aromatic carbocycles. The first-order valence-electron chi connectivity index (χ1n) is 10.1. The van der Waals surface area contributed by atoms with Crippen molar-refractivity contribution in [1.29, 1.82) is 0 Å². The van der Waals surface area contributed by atoms with Gasteiger partial charge in [0, 0.05) is 11.7 Å². The van der Waals surface area contributed by atoms with Gasteiger partial charge in [-0.05, 0) is 38.8 Å². The number of rotatable bonds is 7. The van der Waals surface area contributed by atoms with E-state index in [0.717, 1.165) is 16.5 Å². The van der Waals surface area contributed by atoms with Crippen molar-refractivity contribution in [2.45, 2.75) is 56.5 Å². The summed E-state index contributed by atoms with van der Waals surface area (Å²) >= 11 is 1.64. The smallest absolute Gasteiger partial charge is 0.232 e. The molecule has 2 aromatic heterocycles. The van der Waals surface area contributed by atoms with E-state index >= 15 is 0 Å². The lowest BCUT2D eigenvalue weighted by molar-refractivity contribution is 0.417. The maximum Gasteiger partial charge on any atom is 0.232 e. The van der Waals surface area contributed by atoms with Crippen molar-refractivity contribution in [3.05, 3.63) is 41.5 Å². The number of methoxy groups -OCH3 is 1. The number of ether oxygens (including phenoxy) is 1. The average molecular weight is 426 g/mol. The van der Waals surface area contributed by atoms with Crippen LogP contribution in [0.3, 0.4) is 0 Å². The number of nitrogens with one attached hydrogen (secondary N) is 1. The maximum absolute atomic E-state index is 5.95. The topological polar surface area (TPSA) is 104 Å². The highest BCUT2D eigenvalue weighted by atomic mass is 32.2. The number of aryl methyl sites for hydroxylation is 1. The minimum absolute atomic E-state index is 0.185. The van der Waals surface area contributed by atoms with Crippen LogP contribution in [0.1, 0.15) is 48.9 Å². The second-order valence-corrected chi connectivity index (χ2v) is 8.36. The van der Waals surface area contributed by atoms with Crippen LogP contribution in [-0.4, -0.2) is 31.6 Å². The Kier molecular flexibility index (Phi) is 6.08. The molecule has 1 fully saturated rings. The van der Waals surface area contributed by atoms with Gasteiger partial charge < -0.3 is 20.4 Å². The lowest BCUT2D eigenvalue weighted by Gasteiger charge is -2.17. The van der Waals surface area contributed by atoms with E-state index in [9.17, 15) is 0 Å². The molecule has 4 rings (SSSR count). The Morgan fingerprint density at radius 2 is 1.90 bits per heavy atom. The summed E-state index contributed by atoms with van der Waals surface area (Å²) < 4.78 is 7.77. The molecule has 1 aliphatic rings. The van der Waals surface area contributed by atoms with E-state index in [2.05, 4.69) is 38.7 Å². The maximum atomic E-state index is 5.95. The molecule has 3 N–H and O–H groups in total. The molecule has 3 aromatic rings. The van der Waals surface area contributed by atoms with Gasteiger partial charge in [-0.2, -0.15) is 15.0 Å². The van der Waals surface area contributed by atoms with Crippen LogP contribution in [0.25, 0.3) is 0 Å². The first-order valence-corrected chi connectivity index (χ1v) is 11.1. The SMILES string of the molecule is COc1ccccc1Nc1nc(N)nc(CSc2nc(C)c(C)n2C2CCCC2)n1. The molecule has 2 heterocycles. The Hall–Kier alpha value is -2.81. The van der Waals surface area contributed by atoms with Gasteiger partial charge in [0.2, 0.25) is 11.9 Å². The Morgan fingerprint density at radius 3 is 2.67 bits per heavy atom. The highest BCUT2D eigenvalue weighted by molar-refractivity contribution is 7.98. The van der Waals surface area contributed by atoms with Gasteiger partial charge in [0.25, 0.3) is 0 Å². The van der Waals surface area contributed by atoms with Crippen LogP contribution >= 0.6 is 11.8 Å². The molecule has 8 nitrogen and oxygen atoms in total. The van der Waals surface area contributed by atoms with Crippen molar-refractivity contribution in [3.8, 4) is 5.75 Å². The van der Waals surface area contributed by atoms with Crippen LogP contribution in [0.15, 0.2) is 29.4 Å². The number of nitrogen functional groups attached to an aromatic ring is 1. The summed E-state index contributed by atoms with van der Waals surface area (Å²) in [4.78, 5) is 17.9. The molecule has 0 saturated heterocycles. The standard InChI is InChI=1S/C21H27N7OS/c1-13-14(2)28(15-8-4-5-9-15)21(23-13)30-12-18-25-19(22)27-20(26-18)24-16-10-6-7-11-17(16)29-3/h6-7,10-11,15H,4-5,8-9,12H2,1-3H3,(H3,22,24,25,26,27). The molecular formula is C21H27N7OS. The van der Waals surface area contributed by atoms with Gasteiger partial charge in [-0.25, -0.2) is 4.98 Å². The summed E-state index contributed by atoms with van der Waals surface area (Å²) in [5, 5.41) is 4.20. The van der Waals surface area contributed by atoms with Crippen molar-refractivity contribution in [1.82, 2.24) is 24.5 Å². The van der Waals surface area contributed by atoms with Crippen LogP contribution in [0.4, 0.5) is 17.6 Å². The van der Waals surface area contributed by atoms with Crippen molar-refractivity contribution in [2.75, 3.05) is 18.2 Å². The van der Waals surface area contributed by atoms with E-state index < -0.39 is 0 Å². The van der Waals surface area contributed by atoms with Crippen LogP contribution < -0.4 is 15.8 Å². The molecule has 0 spiro atoms. The minimum Gasteiger partial charge on any atom is -0.495 e. The third kappa shape index (κ3) is 4.35. The van der Waals surface area contributed by atoms with Crippen LogP contribution in [-0.2, 0) is 5.75 Å². The zero-order chi connectivity index (χ0) is 21.1. The second kappa shape index (κ2) is 8.91. The number of thioether (sulfide) groups is 1. The van der Waals surface area contributed by atoms with E-state index in [4.69, 9.17) is 15.5 Å². The van der Waals surface area contributed by atoms with Gasteiger partial charge >= 0.3 is 0 Å². The summed E-state index contributed by atoms with van der Waals surface area (Å²) in [5.74, 6) is 2.47. The number of aromatic nitrogens is 5.